The lowest BCUT2D eigenvalue weighted by atomic mass is 9.97. The lowest BCUT2D eigenvalue weighted by Crippen LogP contribution is -2.40. The third kappa shape index (κ3) is 3.32. The van der Waals surface area contributed by atoms with Crippen molar-refractivity contribution in [3.63, 3.8) is 0 Å². The van der Waals surface area contributed by atoms with E-state index in [4.69, 9.17) is 16.3 Å². The number of nitrogens with zero attached hydrogens (tertiary/aromatic N) is 4. The minimum absolute atomic E-state index is 0.0636. The molecule has 0 atom stereocenters. The Morgan fingerprint density at radius 1 is 1.10 bits per heavy atom. The van der Waals surface area contributed by atoms with Gasteiger partial charge < -0.3 is 14.5 Å². The van der Waals surface area contributed by atoms with Crippen LogP contribution in [-0.2, 0) is 10.2 Å². The first-order valence-electron chi connectivity index (χ1n) is 10.5. The minimum atomic E-state index is 0.0636. The highest BCUT2D eigenvalue weighted by molar-refractivity contribution is 7.19. The van der Waals surface area contributed by atoms with Gasteiger partial charge in [0.1, 0.15) is 0 Å². The number of hydrogen-bond donors (Lipinski definition) is 0. The number of halogens is 1. The van der Waals surface area contributed by atoms with Gasteiger partial charge in [-0.15, -0.1) is 11.3 Å². The molecule has 31 heavy (non-hydrogen) atoms. The molecular weight excluding hydrogens is 432 g/mol. The van der Waals surface area contributed by atoms with Crippen LogP contribution in [0.25, 0.3) is 10.4 Å². The first-order valence-corrected chi connectivity index (χ1v) is 11.7. The molecule has 158 valence electrons. The Hall–Kier alpha value is -2.48. The highest BCUT2D eigenvalue weighted by Gasteiger charge is 2.52. The standard InChI is InChI=1S/C23H21ClN4O2S/c24-20-4-3-19(31-20)16-12-25-22(26-13-16)28-14-23(5-6-23)17-2-1-15(11-18(17)28)21(29)27-7-9-30-10-8-27/h1-4,11-13H,5-10,14H2. The van der Waals surface area contributed by atoms with Crippen molar-refractivity contribution in [1.82, 2.24) is 14.9 Å². The predicted octanol–water partition coefficient (Wildman–Crippen LogP) is 4.51. The summed E-state index contributed by atoms with van der Waals surface area (Å²) in [6.07, 6.45) is 6.04. The fourth-order valence-electron chi connectivity index (χ4n) is 4.57. The van der Waals surface area contributed by atoms with Crippen LogP contribution in [0.2, 0.25) is 4.34 Å². The second kappa shape index (κ2) is 7.29. The monoisotopic (exact) mass is 452 g/mol. The van der Waals surface area contributed by atoms with Crippen molar-refractivity contribution in [3.05, 3.63) is 58.2 Å². The van der Waals surface area contributed by atoms with Crippen LogP contribution in [0.3, 0.4) is 0 Å². The number of fused-ring (bicyclic) bond motifs is 2. The molecule has 0 N–H and O–H groups in total. The summed E-state index contributed by atoms with van der Waals surface area (Å²) < 4.78 is 6.14. The Balaban J connectivity index is 1.33. The van der Waals surface area contributed by atoms with E-state index in [0.29, 0.717) is 37.8 Å². The van der Waals surface area contributed by atoms with Crippen LogP contribution in [0.15, 0.2) is 42.7 Å². The Bertz CT molecular complexity index is 1150. The molecule has 1 saturated heterocycles. The van der Waals surface area contributed by atoms with Gasteiger partial charge >= 0.3 is 0 Å². The molecule has 0 bridgehead atoms. The van der Waals surface area contributed by atoms with Gasteiger partial charge in [-0.25, -0.2) is 9.97 Å². The van der Waals surface area contributed by atoms with Crippen molar-refractivity contribution < 1.29 is 9.53 Å². The maximum absolute atomic E-state index is 13.0. The number of rotatable bonds is 3. The number of carbonyl (C=O) groups excluding carboxylic acids is 1. The predicted molar refractivity (Wildman–Crippen MR) is 121 cm³/mol. The second-order valence-corrected chi connectivity index (χ2v) is 10.1. The molecule has 1 aromatic carbocycles. The zero-order valence-corrected chi connectivity index (χ0v) is 18.5. The third-order valence-corrected chi connectivity index (χ3v) is 7.74. The fraction of sp³-hybridized carbons (Fsp3) is 0.348. The molecule has 1 spiro atoms. The number of benzene rings is 1. The van der Waals surface area contributed by atoms with Crippen LogP contribution in [0.5, 0.6) is 0 Å². The van der Waals surface area contributed by atoms with Crippen LogP contribution in [0.4, 0.5) is 11.6 Å². The first kappa shape index (κ1) is 19.2. The van der Waals surface area contributed by atoms with E-state index in [1.165, 1.54) is 29.7 Å². The molecule has 0 unspecified atom stereocenters. The molecule has 1 amide bonds. The molecule has 2 aliphatic heterocycles. The molecule has 0 radical (unpaired) electrons. The van der Waals surface area contributed by atoms with E-state index < -0.39 is 0 Å². The zero-order chi connectivity index (χ0) is 21.0. The van der Waals surface area contributed by atoms with Crippen LogP contribution in [0, 0.1) is 0 Å². The van der Waals surface area contributed by atoms with Gasteiger partial charge in [-0.2, -0.15) is 0 Å². The average molecular weight is 453 g/mol. The van der Waals surface area contributed by atoms with E-state index in [9.17, 15) is 4.79 Å². The number of amides is 1. The molecule has 2 aromatic heterocycles. The van der Waals surface area contributed by atoms with Crippen LogP contribution < -0.4 is 4.90 Å². The number of aromatic nitrogens is 2. The van der Waals surface area contributed by atoms with Gasteiger partial charge in [-0.05, 0) is 42.7 Å². The van der Waals surface area contributed by atoms with Crippen molar-refractivity contribution in [1.29, 1.82) is 0 Å². The maximum atomic E-state index is 13.0. The second-order valence-electron chi connectivity index (χ2n) is 8.38. The van der Waals surface area contributed by atoms with E-state index >= 15 is 0 Å². The van der Waals surface area contributed by atoms with Crippen molar-refractivity contribution in [3.8, 4) is 10.4 Å². The molecule has 3 aromatic rings. The van der Waals surface area contributed by atoms with Crippen molar-refractivity contribution >= 4 is 40.5 Å². The van der Waals surface area contributed by atoms with Crippen molar-refractivity contribution in [2.45, 2.75) is 18.3 Å². The Kier molecular flexibility index (Phi) is 4.52. The van der Waals surface area contributed by atoms with E-state index in [1.807, 2.05) is 41.6 Å². The highest BCUT2D eigenvalue weighted by Crippen LogP contribution is 2.57. The molecule has 1 saturated carbocycles. The molecule has 4 heterocycles. The van der Waals surface area contributed by atoms with E-state index in [0.717, 1.165) is 27.0 Å². The largest absolute Gasteiger partial charge is 0.378 e. The summed E-state index contributed by atoms with van der Waals surface area (Å²) in [7, 11) is 0. The molecule has 6 rings (SSSR count). The third-order valence-electron chi connectivity index (χ3n) is 6.46. The number of anilines is 2. The van der Waals surface area contributed by atoms with Crippen LogP contribution >= 0.6 is 22.9 Å². The summed E-state index contributed by atoms with van der Waals surface area (Å²) in [4.78, 5) is 27.5. The zero-order valence-electron chi connectivity index (χ0n) is 16.9. The summed E-state index contributed by atoms with van der Waals surface area (Å²) in [5.41, 5.74) is 4.22. The van der Waals surface area contributed by atoms with Crippen molar-refractivity contribution in [2.24, 2.45) is 0 Å². The van der Waals surface area contributed by atoms with Gasteiger partial charge in [-0.3, -0.25) is 4.79 Å². The van der Waals surface area contributed by atoms with Crippen LogP contribution in [-0.4, -0.2) is 53.6 Å². The van der Waals surface area contributed by atoms with Gasteiger partial charge in [0.05, 0.1) is 17.6 Å². The number of thiophene rings is 1. The topological polar surface area (TPSA) is 58.6 Å². The maximum Gasteiger partial charge on any atom is 0.254 e. The smallest absolute Gasteiger partial charge is 0.254 e. The van der Waals surface area contributed by atoms with Gasteiger partial charge in [0.15, 0.2) is 0 Å². The Morgan fingerprint density at radius 3 is 2.55 bits per heavy atom. The normalized spacial score (nSPS) is 19.0. The number of morpholine rings is 1. The molecular formula is C23H21ClN4O2S. The van der Waals surface area contributed by atoms with Crippen LogP contribution in [0.1, 0.15) is 28.8 Å². The molecule has 6 nitrogen and oxygen atoms in total. The molecule has 3 aliphatic rings. The average Bonchev–Trinajstić information content (AvgIpc) is 3.35. The lowest BCUT2D eigenvalue weighted by molar-refractivity contribution is 0.0303. The quantitative estimate of drug-likeness (QED) is 0.585. The van der Waals surface area contributed by atoms with Gasteiger partial charge in [0.25, 0.3) is 5.91 Å². The summed E-state index contributed by atoms with van der Waals surface area (Å²) >= 11 is 7.58. The lowest BCUT2D eigenvalue weighted by Gasteiger charge is -2.27. The summed E-state index contributed by atoms with van der Waals surface area (Å²) in [5, 5.41) is 0. The van der Waals surface area contributed by atoms with Gasteiger partial charge in [-0.1, -0.05) is 17.7 Å². The highest BCUT2D eigenvalue weighted by atomic mass is 35.5. The van der Waals surface area contributed by atoms with E-state index in [1.54, 1.807) is 0 Å². The first-order chi connectivity index (χ1) is 15.1. The SMILES string of the molecule is O=C(c1ccc2c(c1)N(c1ncc(-c3ccc(Cl)s3)cn1)CC21CC1)N1CCOCC1. The van der Waals surface area contributed by atoms with E-state index in [-0.39, 0.29) is 11.3 Å². The Morgan fingerprint density at radius 2 is 1.87 bits per heavy atom. The minimum Gasteiger partial charge on any atom is -0.378 e. The van der Waals surface area contributed by atoms with Gasteiger partial charge in [0.2, 0.25) is 5.95 Å². The molecule has 2 fully saturated rings. The van der Waals surface area contributed by atoms with Crippen molar-refractivity contribution in [2.75, 3.05) is 37.7 Å². The number of carbonyl (C=O) groups is 1. The Labute approximate surface area is 189 Å². The fourth-order valence-corrected chi connectivity index (χ4v) is 5.59. The molecule has 1 aliphatic carbocycles. The molecule has 8 heteroatoms. The summed E-state index contributed by atoms with van der Waals surface area (Å²) in [6, 6.07) is 10.0. The number of hydrogen-bond acceptors (Lipinski definition) is 6. The van der Waals surface area contributed by atoms with Gasteiger partial charge in [0, 0.05) is 59.1 Å². The summed E-state index contributed by atoms with van der Waals surface area (Å²) in [5.74, 6) is 0.737. The summed E-state index contributed by atoms with van der Waals surface area (Å²) in [6.45, 7) is 3.34. The number of ether oxygens (including phenoxy) is 1. The van der Waals surface area contributed by atoms with E-state index in [2.05, 4.69) is 20.9 Å².